The summed E-state index contributed by atoms with van der Waals surface area (Å²) in [5.74, 6) is 0. The Morgan fingerprint density at radius 3 is 2.47 bits per heavy atom. The van der Waals surface area contributed by atoms with E-state index < -0.39 is 6.43 Å². The van der Waals surface area contributed by atoms with Crippen molar-refractivity contribution < 1.29 is 8.78 Å². The molecule has 0 radical (unpaired) electrons. The van der Waals surface area contributed by atoms with Crippen LogP contribution in [0.3, 0.4) is 0 Å². The van der Waals surface area contributed by atoms with Crippen LogP contribution in [0.1, 0.15) is 12.0 Å². The van der Waals surface area contributed by atoms with Gasteiger partial charge in [-0.3, -0.25) is 4.68 Å². The van der Waals surface area contributed by atoms with Gasteiger partial charge in [-0.05, 0) is 0 Å². The molecule has 1 heterocycles. The molecule has 2 aromatic rings. The average Bonchev–Trinajstić information content (AvgIpc) is 2.62. The van der Waals surface area contributed by atoms with Crippen LogP contribution in [0.25, 0.3) is 11.3 Å². The number of rotatable bonds is 2. The van der Waals surface area contributed by atoms with Crippen LogP contribution in [0.2, 0.25) is 0 Å². The highest BCUT2D eigenvalue weighted by atomic mass is 19.3. The molecule has 0 spiro atoms. The molecule has 0 aliphatic heterocycles. The van der Waals surface area contributed by atoms with Crippen molar-refractivity contribution in [3.8, 4) is 11.3 Å². The molecule has 2 nitrogen and oxygen atoms in total. The van der Waals surface area contributed by atoms with E-state index in [9.17, 15) is 8.78 Å². The minimum atomic E-state index is -2.49. The number of alkyl halides is 2. The predicted molar refractivity (Wildman–Crippen MR) is 53.6 cm³/mol. The Morgan fingerprint density at radius 2 is 1.87 bits per heavy atom. The van der Waals surface area contributed by atoms with Crippen molar-refractivity contribution in [2.24, 2.45) is 7.05 Å². The second kappa shape index (κ2) is 3.81. The molecule has 0 bridgehead atoms. The fourth-order valence-electron chi connectivity index (χ4n) is 1.49. The number of halogens is 2. The van der Waals surface area contributed by atoms with E-state index in [4.69, 9.17) is 0 Å². The Hall–Kier alpha value is -1.71. The maximum absolute atomic E-state index is 12.7. The largest absolute Gasteiger partial charge is 0.275 e. The lowest BCUT2D eigenvalue weighted by Crippen LogP contribution is -1.88. The van der Waals surface area contributed by atoms with Crippen molar-refractivity contribution in [2.75, 3.05) is 0 Å². The highest BCUT2D eigenvalue weighted by Crippen LogP contribution is 2.29. The number of benzene rings is 1. The number of aromatic nitrogens is 2. The molecule has 0 aliphatic carbocycles. The van der Waals surface area contributed by atoms with Gasteiger partial charge in [-0.15, -0.1) is 0 Å². The number of hydrogen-bond donors (Lipinski definition) is 0. The van der Waals surface area contributed by atoms with Crippen LogP contribution >= 0.6 is 0 Å². The van der Waals surface area contributed by atoms with Gasteiger partial charge in [0.15, 0.2) is 0 Å². The van der Waals surface area contributed by atoms with Crippen molar-refractivity contribution in [3.05, 3.63) is 42.1 Å². The molecular formula is C11H10F2N2. The van der Waals surface area contributed by atoms with E-state index in [2.05, 4.69) is 5.10 Å². The van der Waals surface area contributed by atoms with Gasteiger partial charge in [0.1, 0.15) is 5.69 Å². The van der Waals surface area contributed by atoms with Gasteiger partial charge in [0.25, 0.3) is 6.43 Å². The molecule has 15 heavy (non-hydrogen) atoms. The fraction of sp³-hybridized carbons (Fsp3) is 0.182. The van der Waals surface area contributed by atoms with Crippen LogP contribution in [-0.4, -0.2) is 9.78 Å². The summed E-state index contributed by atoms with van der Waals surface area (Å²) in [5, 5.41) is 4.04. The van der Waals surface area contributed by atoms with Crippen LogP contribution in [0.15, 0.2) is 36.5 Å². The van der Waals surface area contributed by atoms with Gasteiger partial charge in [-0.2, -0.15) is 5.10 Å². The van der Waals surface area contributed by atoms with Crippen molar-refractivity contribution in [3.63, 3.8) is 0 Å². The third kappa shape index (κ3) is 1.88. The first kappa shape index (κ1) is 9.83. The van der Waals surface area contributed by atoms with E-state index in [1.165, 1.54) is 10.9 Å². The SMILES string of the molecule is Cn1cc(C(F)F)c(-c2ccccc2)n1. The first-order chi connectivity index (χ1) is 7.18. The van der Waals surface area contributed by atoms with Gasteiger partial charge < -0.3 is 0 Å². The standard InChI is InChI=1S/C11H10F2N2/c1-15-7-9(11(12)13)10(14-15)8-5-3-2-4-6-8/h2-7,11H,1H3. The summed E-state index contributed by atoms with van der Waals surface area (Å²) in [5.41, 5.74) is 1.05. The molecule has 0 amide bonds. The minimum Gasteiger partial charge on any atom is -0.275 e. The molecule has 1 aromatic carbocycles. The second-order valence-electron chi connectivity index (χ2n) is 3.27. The maximum atomic E-state index is 12.7. The van der Waals surface area contributed by atoms with Gasteiger partial charge in [0.05, 0.1) is 5.56 Å². The second-order valence-corrected chi connectivity index (χ2v) is 3.27. The summed E-state index contributed by atoms with van der Waals surface area (Å²) in [6.07, 6.45) is -1.14. The van der Waals surface area contributed by atoms with Crippen molar-refractivity contribution >= 4 is 0 Å². The third-order valence-electron chi connectivity index (χ3n) is 2.14. The normalized spacial score (nSPS) is 10.9. The van der Waals surface area contributed by atoms with Crippen LogP contribution in [0, 0.1) is 0 Å². The number of aryl methyl sites for hydroxylation is 1. The summed E-state index contributed by atoms with van der Waals surface area (Å²) in [6, 6.07) is 9.00. The summed E-state index contributed by atoms with van der Waals surface area (Å²) in [7, 11) is 1.64. The summed E-state index contributed by atoms with van der Waals surface area (Å²) >= 11 is 0. The lowest BCUT2D eigenvalue weighted by atomic mass is 10.1. The van der Waals surface area contributed by atoms with Crippen molar-refractivity contribution in [1.82, 2.24) is 9.78 Å². The molecule has 0 fully saturated rings. The predicted octanol–water partition coefficient (Wildman–Crippen LogP) is 3.02. The smallest absolute Gasteiger partial charge is 0.267 e. The zero-order valence-electron chi connectivity index (χ0n) is 8.19. The molecule has 0 saturated carbocycles. The molecule has 78 valence electrons. The molecule has 0 saturated heterocycles. The maximum Gasteiger partial charge on any atom is 0.267 e. The molecule has 4 heteroatoms. The minimum absolute atomic E-state index is 0.0244. The third-order valence-corrected chi connectivity index (χ3v) is 2.14. The highest BCUT2D eigenvalue weighted by Gasteiger charge is 2.17. The zero-order chi connectivity index (χ0) is 10.8. The molecule has 0 atom stereocenters. The van der Waals surface area contributed by atoms with Gasteiger partial charge in [-0.1, -0.05) is 30.3 Å². The summed E-state index contributed by atoms with van der Waals surface area (Å²) in [4.78, 5) is 0. The van der Waals surface area contributed by atoms with Crippen LogP contribution in [0.4, 0.5) is 8.78 Å². The Balaban J connectivity index is 2.53. The Morgan fingerprint density at radius 1 is 1.20 bits per heavy atom. The molecule has 0 unspecified atom stereocenters. The van der Waals surface area contributed by atoms with E-state index >= 15 is 0 Å². The van der Waals surface area contributed by atoms with E-state index in [0.717, 1.165) is 0 Å². The molecular weight excluding hydrogens is 198 g/mol. The average molecular weight is 208 g/mol. The Labute approximate surface area is 86.2 Å². The van der Waals surface area contributed by atoms with Gasteiger partial charge >= 0.3 is 0 Å². The van der Waals surface area contributed by atoms with Gasteiger partial charge in [0, 0.05) is 18.8 Å². The summed E-state index contributed by atoms with van der Waals surface area (Å²) in [6.45, 7) is 0. The van der Waals surface area contributed by atoms with E-state index in [1.54, 1.807) is 31.3 Å². The lowest BCUT2D eigenvalue weighted by molar-refractivity contribution is 0.152. The van der Waals surface area contributed by atoms with Crippen molar-refractivity contribution in [2.45, 2.75) is 6.43 Å². The zero-order valence-corrected chi connectivity index (χ0v) is 8.19. The van der Waals surface area contributed by atoms with Crippen LogP contribution in [-0.2, 0) is 7.05 Å². The van der Waals surface area contributed by atoms with Crippen molar-refractivity contribution in [1.29, 1.82) is 0 Å². The number of hydrogen-bond acceptors (Lipinski definition) is 1. The molecule has 0 aliphatic rings. The first-order valence-electron chi connectivity index (χ1n) is 4.55. The first-order valence-corrected chi connectivity index (χ1v) is 4.55. The van der Waals surface area contributed by atoms with Gasteiger partial charge in [-0.25, -0.2) is 8.78 Å². The highest BCUT2D eigenvalue weighted by molar-refractivity contribution is 5.62. The molecule has 2 rings (SSSR count). The molecule has 1 aromatic heterocycles. The van der Waals surface area contributed by atoms with E-state index in [0.29, 0.717) is 11.3 Å². The van der Waals surface area contributed by atoms with Crippen LogP contribution < -0.4 is 0 Å². The molecule has 0 N–H and O–H groups in total. The fourth-order valence-corrected chi connectivity index (χ4v) is 1.49. The topological polar surface area (TPSA) is 17.8 Å². The lowest BCUT2D eigenvalue weighted by Gasteiger charge is -2.00. The quantitative estimate of drug-likeness (QED) is 0.741. The van der Waals surface area contributed by atoms with Crippen LogP contribution in [0.5, 0.6) is 0 Å². The van der Waals surface area contributed by atoms with E-state index in [-0.39, 0.29) is 5.56 Å². The Bertz CT molecular complexity index is 449. The monoisotopic (exact) mass is 208 g/mol. The summed E-state index contributed by atoms with van der Waals surface area (Å²) < 4.78 is 26.8. The Kier molecular flexibility index (Phi) is 2.49. The number of nitrogens with zero attached hydrogens (tertiary/aromatic N) is 2. The van der Waals surface area contributed by atoms with Gasteiger partial charge in [0.2, 0.25) is 0 Å². The van der Waals surface area contributed by atoms with E-state index in [1.807, 2.05) is 6.07 Å².